The maximum atomic E-state index is 5.92. The Hall–Kier alpha value is 0.400. The first kappa shape index (κ1) is 15.9. The first-order valence-electron chi connectivity index (χ1n) is 4.81. The second kappa shape index (κ2) is 5.32. The molecule has 0 aliphatic rings. The zero-order valence-electron chi connectivity index (χ0n) is 9.55. The number of hydrogen-bond donors (Lipinski definition) is 2. The summed E-state index contributed by atoms with van der Waals surface area (Å²) in [5, 5.41) is 0. The Balaban J connectivity index is 0. The molecule has 0 fully saturated rings. The molecule has 1 unspecified atom stereocenters. The minimum atomic E-state index is -0.582. The van der Waals surface area contributed by atoms with E-state index >= 15 is 0 Å². The van der Waals surface area contributed by atoms with Crippen LogP contribution >= 0.6 is 17.0 Å². The van der Waals surface area contributed by atoms with Gasteiger partial charge in [0.15, 0.2) is 0 Å². The van der Waals surface area contributed by atoms with Gasteiger partial charge in [-0.15, -0.1) is 17.0 Å². The predicted molar refractivity (Wildman–Crippen MR) is 65.0 cm³/mol. The van der Waals surface area contributed by atoms with Gasteiger partial charge in [0.05, 0.1) is 5.66 Å². The highest BCUT2D eigenvalue weighted by Gasteiger charge is 2.38. The summed E-state index contributed by atoms with van der Waals surface area (Å²) in [5.74, 6) is 0.572. The summed E-state index contributed by atoms with van der Waals surface area (Å²) in [5.41, 5.74) is 11.3. The van der Waals surface area contributed by atoms with Gasteiger partial charge in [0.25, 0.3) is 0 Å². The highest BCUT2D eigenvalue weighted by molar-refractivity contribution is 8.93. The van der Waals surface area contributed by atoms with Gasteiger partial charge in [0.2, 0.25) is 0 Å². The molecule has 0 rings (SSSR count). The fraction of sp³-hybridized carbons (Fsp3) is 1.00. The van der Waals surface area contributed by atoms with Gasteiger partial charge >= 0.3 is 0 Å². The molecular formula is C10H25BrN2. The van der Waals surface area contributed by atoms with Gasteiger partial charge in [-0.05, 0) is 18.3 Å². The van der Waals surface area contributed by atoms with Crippen molar-refractivity contribution in [3.05, 3.63) is 0 Å². The largest absolute Gasteiger partial charge is 0.313 e. The SMILES string of the molecule is Br.CCCC(C)C(C)(C)C(C)(N)N. The van der Waals surface area contributed by atoms with E-state index in [1.54, 1.807) is 0 Å². The highest BCUT2D eigenvalue weighted by atomic mass is 79.9. The lowest BCUT2D eigenvalue weighted by molar-refractivity contribution is 0.103. The maximum absolute atomic E-state index is 5.92. The zero-order valence-corrected chi connectivity index (χ0v) is 11.3. The molecule has 0 aliphatic carbocycles. The third-order valence-corrected chi connectivity index (χ3v) is 3.34. The summed E-state index contributed by atoms with van der Waals surface area (Å²) >= 11 is 0. The first-order chi connectivity index (χ1) is 5.23. The average Bonchev–Trinajstić information content (AvgIpc) is 1.85. The summed E-state index contributed by atoms with van der Waals surface area (Å²) in [6.07, 6.45) is 2.39. The molecule has 0 heterocycles. The number of hydrogen-bond acceptors (Lipinski definition) is 2. The van der Waals surface area contributed by atoms with E-state index in [-0.39, 0.29) is 22.4 Å². The van der Waals surface area contributed by atoms with Crippen molar-refractivity contribution in [1.82, 2.24) is 0 Å². The Bertz CT molecular complexity index is 138. The number of rotatable bonds is 4. The topological polar surface area (TPSA) is 52.0 Å². The molecule has 0 amide bonds. The Labute approximate surface area is 93.2 Å². The molecule has 0 aromatic heterocycles. The lowest BCUT2D eigenvalue weighted by Crippen LogP contribution is -2.60. The Morgan fingerprint density at radius 2 is 1.54 bits per heavy atom. The monoisotopic (exact) mass is 252 g/mol. The molecule has 0 aliphatic heterocycles. The van der Waals surface area contributed by atoms with E-state index in [2.05, 4.69) is 27.7 Å². The van der Waals surface area contributed by atoms with Crippen LogP contribution in [0.3, 0.4) is 0 Å². The van der Waals surface area contributed by atoms with Crippen molar-refractivity contribution in [2.24, 2.45) is 22.8 Å². The van der Waals surface area contributed by atoms with Crippen LogP contribution in [0.5, 0.6) is 0 Å². The summed E-state index contributed by atoms with van der Waals surface area (Å²) in [6.45, 7) is 10.6. The van der Waals surface area contributed by atoms with Crippen LogP contribution in [0.1, 0.15) is 47.5 Å². The van der Waals surface area contributed by atoms with Gasteiger partial charge in [-0.25, -0.2) is 0 Å². The lowest BCUT2D eigenvalue weighted by atomic mass is 9.69. The van der Waals surface area contributed by atoms with Crippen molar-refractivity contribution >= 4 is 17.0 Å². The molecule has 3 heteroatoms. The molecule has 0 radical (unpaired) electrons. The Morgan fingerprint density at radius 3 is 1.77 bits per heavy atom. The summed E-state index contributed by atoms with van der Waals surface area (Å²) < 4.78 is 0. The molecule has 4 N–H and O–H groups in total. The maximum Gasteiger partial charge on any atom is 0.0662 e. The quantitative estimate of drug-likeness (QED) is 0.757. The third-order valence-electron chi connectivity index (χ3n) is 3.34. The van der Waals surface area contributed by atoms with Crippen molar-refractivity contribution in [3.8, 4) is 0 Å². The molecule has 0 saturated carbocycles. The fourth-order valence-electron chi connectivity index (χ4n) is 1.32. The molecule has 0 aromatic rings. The highest BCUT2D eigenvalue weighted by Crippen LogP contribution is 2.36. The van der Waals surface area contributed by atoms with Crippen molar-refractivity contribution in [3.63, 3.8) is 0 Å². The van der Waals surface area contributed by atoms with E-state index in [4.69, 9.17) is 11.5 Å². The predicted octanol–water partition coefficient (Wildman–Crippen LogP) is 2.66. The second-order valence-corrected chi connectivity index (χ2v) is 4.69. The van der Waals surface area contributed by atoms with Crippen LogP contribution in [-0.2, 0) is 0 Å². The fourth-order valence-corrected chi connectivity index (χ4v) is 1.32. The van der Waals surface area contributed by atoms with E-state index in [0.29, 0.717) is 5.92 Å². The molecule has 0 spiro atoms. The molecule has 0 bridgehead atoms. The molecule has 2 nitrogen and oxygen atoms in total. The van der Waals surface area contributed by atoms with Crippen molar-refractivity contribution in [2.45, 2.75) is 53.1 Å². The smallest absolute Gasteiger partial charge is 0.0662 e. The summed E-state index contributed by atoms with van der Waals surface area (Å²) in [7, 11) is 0. The van der Waals surface area contributed by atoms with Gasteiger partial charge in [0.1, 0.15) is 0 Å². The second-order valence-electron chi connectivity index (χ2n) is 4.69. The Morgan fingerprint density at radius 1 is 1.15 bits per heavy atom. The first-order valence-corrected chi connectivity index (χ1v) is 4.81. The van der Waals surface area contributed by atoms with Gasteiger partial charge in [-0.1, -0.05) is 40.5 Å². The van der Waals surface area contributed by atoms with Gasteiger partial charge in [-0.3, -0.25) is 0 Å². The summed E-state index contributed by atoms with van der Waals surface area (Å²) in [4.78, 5) is 0. The molecule has 1 atom stereocenters. The van der Waals surface area contributed by atoms with E-state index in [0.717, 1.165) is 0 Å². The molecular weight excluding hydrogens is 228 g/mol. The van der Waals surface area contributed by atoms with Crippen LogP contribution in [0.4, 0.5) is 0 Å². The van der Waals surface area contributed by atoms with Crippen LogP contribution in [0, 0.1) is 11.3 Å². The van der Waals surface area contributed by atoms with E-state index in [9.17, 15) is 0 Å². The number of halogens is 1. The van der Waals surface area contributed by atoms with Crippen LogP contribution in [0.2, 0.25) is 0 Å². The van der Waals surface area contributed by atoms with E-state index in [1.165, 1.54) is 12.8 Å². The third kappa shape index (κ3) is 3.96. The van der Waals surface area contributed by atoms with E-state index in [1.807, 2.05) is 6.92 Å². The van der Waals surface area contributed by atoms with Crippen molar-refractivity contribution < 1.29 is 0 Å². The van der Waals surface area contributed by atoms with Crippen LogP contribution in [0.25, 0.3) is 0 Å². The minimum Gasteiger partial charge on any atom is -0.313 e. The molecule has 13 heavy (non-hydrogen) atoms. The van der Waals surface area contributed by atoms with Crippen LogP contribution in [-0.4, -0.2) is 5.66 Å². The van der Waals surface area contributed by atoms with Crippen molar-refractivity contribution in [1.29, 1.82) is 0 Å². The van der Waals surface area contributed by atoms with Crippen LogP contribution < -0.4 is 11.5 Å². The standard InChI is InChI=1S/C10H24N2.BrH/c1-6-7-8(2)9(3,4)10(5,11)12;/h8H,6-7,11-12H2,1-5H3;1H. The van der Waals surface area contributed by atoms with Gasteiger partial charge in [-0.2, -0.15) is 0 Å². The Kier molecular flexibility index (Phi) is 6.49. The average molecular weight is 253 g/mol. The van der Waals surface area contributed by atoms with Crippen LogP contribution in [0.15, 0.2) is 0 Å². The lowest BCUT2D eigenvalue weighted by Gasteiger charge is -2.43. The van der Waals surface area contributed by atoms with E-state index < -0.39 is 5.66 Å². The zero-order chi connectivity index (χ0) is 9.99. The van der Waals surface area contributed by atoms with Gasteiger partial charge < -0.3 is 11.5 Å². The molecule has 0 aromatic carbocycles. The summed E-state index contributed by atoms with van der Waals surface area (Å²) in [6, 6.07) is 0. The van der Waals surface area contributed by atoms with Gasteiger partial charge in [0, 0.05) is 0 Å². The normalized spacial score (nSPS) is 15.0. The number of nitrogens with two attached hydrogens (primary N) is 2. The minimum absolute atomic E-state index is 0. The van der Waals surface area contributed by atoms with Crippen molar-refractivity contribution in [2.75, 3.05) is 0 Å². The molecule has 0 saturated heterocycles. The molecule has 82 valence electrons.